The van der Waals surface area contributed by atoms with E-state index in [1.165, 1.54) is 7.11 Å². The average Bonchev–Trinajstić information content (AvgIpc) is 3.22. The molecule has 1 aromatic heterocycles. The lowest BCUT2D eigenvalue weighted by molar-refractivity contribution is -0.138. The van der Waals surface area contributed by atoms with Gasteiger partial charge in [0.05, 0.1) is 31.0 Å². The van der Waals surface area contributed by atoms with Crippen molar-refractivity contribution in [3.8, 4) is 11.4 Å². The van der Waals surface area contributed by atoms with E-state index in [1.807, 2.05) is 30.3 Å². The number of aromatic nitrogens is 2. The van der Waals surface area contributed by atoms with Gasteiger partial charge >= 0.3 is 5.97 Å². The van der Waals surface area contributed by atoms with Gasteiger partial charge < -0.3 is 15.2 Å². The van der Waals surface area contributed by atoms with Gasteiger partial charge in [0.2, 0.25) is 0 Å². The molecule has 7 nitrogen and oxygen atoms in total. The quantitative estimate of drug-likeness (QED) is 0.840. The number of methoxy groups -OCH3 is 1. The van der Waals surface area contributed by atoms with E-state index >= 15 is 0 Å². The highest BCUT2D eigenvalue weighted by Crippen LogP contribution is 2.33. The van der Waals surface area contributed by atoms with Crippen molar-refractivity contribution in [2.24, 2.45) is 0 Å². The summed E-state index contributed by atoms with van der Waals surface area (Å²) in [7, 11) is 1.48. The molecule has 1 heterocycles. The van der Waals surface area contributed by atoms with Gasteiger partial charge in [0.15, 0.2) is 11.4 Å². The molecule has 2 aromatic rings. The molecule has 0 unspecified atom stereocenters. The van der Waals surface area contributed by atoms with Crippen molar-refractivity contribution < 1.29 is 19.4 Å². The number of carboxylic acid groups (broad SMARTS) is 1. The maximum Gasteiger partial charge on any atom is 0.305 e. The summed E-state index contributed by atoms with van der Waals surface area (Å²) < 4.78 is 6.86. The zero-order valence-corrected chi connectivity index (χ0v) is 14.1. The van der Waals surface area contributed by atoms with Gasteiger partial charge in [0, 0.05) is 0 Å². The first-order valence-electron chi connectivity index (χ1n) is 8.26. The van der Waals surface area contributed by atoms with Crippen molar-refractivity contribution in [3.63, 3.8) is 0 Å². The van der Waals surface area contributed by atoms with Crippen LogP contribution in [0.2, 0.25) is 0 Å². The minimum Gasteiger partial charge on any atom is -0.493 e. The molecule has 1 aromatic carbocycles. The summed E-state index contributed by atoms with van der Waals surface area (Å²) in [6, 6.07) is 9.40. The Bertz CT molecular complexity index is 764. The molecule has 1 saturated carbocycles. The molecule has 2 N–H and O–H groups in total. The van der Waals surface area contributed by atoms with Crippen LogP contribution in [0.5, 0.6) is 5.75 Å². The third-order valence-corrected chi connectivity index (χ3v) is 4.57. The lowest BCUT2D eigenvalue weighted by atomic mass is 9.93. The van der Waals surface area contributed by atoms with Gasteiger partial charge in [-0.25, -0.2) is 4.68 Å². The summed E-state index contributed by atoms with van der Waals surface area (Å²) in [6.07, 6.45) is 4.69. The van der Waals surface area contributed by atoms with E-state index < -0.39 is 17.4 Å². The van der Waals surface area contributed by atoms with Crippen LogP contribution < -0.4 is 10.1 Å². The number of benzene rings is 1. The fourth-order valence-electron chi connectivity index (χ4n) is 3.37. The standard InChI is InChI=1S/C18H21N3O4/c1-25-14-12-21(13-7-3-2-4-8-13)20-16(14)17(24)19-18(11-15(22)23)9-5-6-10-18/h2-4,7-8,12H,5-6,9-11H2,1H3,(H,19,24)(H,22,23). The second-order valence-electron chi connectivity index (χ2n) is 6.34. The number of nitrogens with one attached hydrogen (secondary N) is 1. The highest BCUT2D eigenvalue weighted by molar-refractivity contribution is 5.95. The second kappa shape index (κ2) is 6.96. The molecule has 7 heteroatoms. The molecule has 25 heavy (non-hydrogen) atoms. The second-order valence-corrected chi connectivity index (χ2v) is 6.34. The predicted molar refractivity (Wildman–Crippen MR) is 91.0 cm³/mol. The van der Waals surface area contributed by atoms with Crippen molar-refractivity contribution in [2.75, 3.05) is 7.11 Å². The Morgan fingerprint density at radius 2 is 1.96 bits per heavy atom. The van der Waals surface area contributed by atoms with E-state index in [2.05, 4.69) is 10.4 Å². The largest absolute Gasteiger partial charge is 0.493 e. The van der Waals surface area contributed by atoms with Gasteiger partial charge in [-0.05, 0) is 25.0 Å². The molecule has 1 amide bonds. The van der Waals surface area contributed by atoms with Crippen LogP contribution in [0.3, 0.4) is 0 Å². The minimum absolute atomic E-state index is 0.0829. The molecule has 0 atom stereocenters. The Morgan fingerprint density at radius 1 is 1.28 bits per heavy atom. The number of ether oxygens (including phenoxy) is 1. The minimum atomic E-state index is -0.913. The highest BCUT2D eigenvalue weighted by Gasteiger charge is 2.38. The van der Waals surface area contributed by atoms with E-state index in [9.17, 15) is 14.7 Å². The van der Waals surface area contributed by atoms with Gasteiger partial charge in [-0.1, -0.05) is 31.0 Å². The van der Waals surface area contributed by atoms with Crippen LogP contribution in [0, 0.1) is 0 Å². The molecule has 0 radical (unpaired) electrons. The van der Waals surface area contributed by atoms with Gasteiger partial charge in [-0.3, -0.25) is 9.59 Å². The third-order valence-electron chi connectivity index (χ3n) is 4.57. The topological polar surface area (TPSA) is 93.5 Å². The molecule has 3 rings (SSSR count). The highest BCUT2D eigenvalue weighted by atomic mass is 16.5. The first-order chi connectivity index (χ1) is 12.0. The molecule has 0 saturated heterocycles. The number of para-hydroxylation sites is 1. The molecular formula is C18H21N3O4. The third kappa shape index (κ3) is 3.65. The monoisotopic (exact) mass is 343 g/mol. The number of carboxylic acids is 1. The number of amides is 1. The lowest BCUT2D eigenvalue weighted by Crippen LogP contribution is -2.48. The number of hydrogen-bond donors (Lipinski definition) is 2. The smallest absolute Gasteiger partial charge is 0.305 e. The van der Waals surface area contributed by atoms with E-state index in [0.29, 0.717) is 18.6 Å². The fourth-order valence-corrected chi connectivity index (χ4v) is 3.37. The summed E-state index contributed by atoms with van der Waals surface area (Å²) in [5.41, 5.74) is 0.258. The Morgan fingerprint density at radius 3 is 2.56 bits per heavy atom. The van der Waals surface area contributed by atoms with Crippen molar-refractivity contribution in [1.29, 1.82) is 0 Å². The first-order valence-corrected chi connectivity index (χ1v) is 8.26. The number of carbonyl (C=O) groups is 2. The molecule has 0 aliphatic heterocycles. The van der Waals surface area contributed by atoms with E-state index in [0.717, 1.165) is 18.5 Å². The Labute approximate surface area is 145 Å². The van der Waals surface area contributed by atoms with Gasteiger partial charge in [0.1, 0.15) is 0 Å². The Kier molecular flexibility index (Phi) is 4.74. The molecule has 0 spiro atoms. The maximum atomic E-state index is 12.8. The van der Waals surface area contributed by atoms with Crippen LogP contribution in [0.15, 0.2) is 36.5 Å². The SMILES string of the molecule is COc1cn(-c2ccccc2)nc1C(=O)NC1(CC(=O)O)CCCC1. The molecule has 1 fully saturated rings. The van der Waals surface area contributed by atoms with Crippen molar-refractivity contribution in [2.45, 2.75) is 37.6 Å². The summed E-state index contributed by atoms with van der Waals surface area (Å²) in [6.45, 7) is 0. The molecule has 0 bridgehead atoms. The van der Waals surface area contributed by atoms with Gasteiger partial charge in [0.25, 0.3) is 5.91 Å². The number of rotatable bonds is 6. The average molecular weight is 343 g/mol. The fraction of sp³-hybridized carbons (Fsp3) is 0.389. The molecule has 132 valence electrons. The Hall–Kier alpha value is -2.83. The van der Waals surface area contributed by atoms with E-state index in [1.54, 1.807) is 10.9 Å². The zero-order valence-electron chi connectivity index (χ0n) is 14.1. The summed E-state index contributed by atoms with van der Waals surface area (Å²) in [4.78, 5) is 23.9. The van der Waals surface area contributed by atoms with Crippen molar-refractivity contribution in [1.82, 2.24) is 15.1 Å². The van der Waals surface area contributed by atoms with E-state index in [-0.39, 0.29) is 12.1 Å². The molecule has 1 aliphatic rings. The van der Waals surface area contributed by atoms with Gasteiger partial charge in [-0.2, -0.15) is 5.10 Å². The van der Waals surface area contributed by atoms with Crippen LogP contribution in [0.1, 0.15) is 42.6 Å². The van der Waals surface area contributed by atoms with Crippen molar-refractivity contribution in [3.05, 3.63) is 42.2 Å². The summed E-state index contributed by atoms with van der Waals surface area (Å²) in [5.74, 6) is -0.969. The first kappa shape index (κ1) is 17.0. The normalized spacial score (nSPS) is 15.7. The van der Waals surface area contributed by atoms with Crippen molar-refractivity contribution >= 4 is 11.9 Å². The van der Waals surface area contributed by atoms with E-state index in [4.69, 9.17) is 4.74 Å². The maximum absolute atomic E-state index is 12.8. The van der Waals surface area contributed by atoms with Crippen LogP contribution in [-0.2, 0) is 4.79 Å². The number of aliphatic carboxylic acids is 1. The van der Waals surface area contributed by atoms with Crippen LogP contribution in [0.25, 0.3) is 5.69 Å². The Balaban J connectivity index is 1.86. The molecular weight excluding hydrogens is 322 g/mol. The van der Waals surface area contributed by atoms with Gasteiger partial charge in [-0.15, -0.1) is 0 Å². The summed E-state index contributed by atoms with van der Waals surface area (Å²) >= 11 is 0. The van der Waals surface area contributed by atoms with Crippen LogP contribution in [0.4, 0.5) is 0 Å². The van der Waals surface area contributed by atoms with Crippen LogP contribution >= 0.6 is 0 Å². The predicted octanol–water partition coefficient (Wildman–Crippen LogP) is 2.40. The molecule has 1 aliphatic carbocycles. The summed E-state index contributed by atoms with van der Waals surface area (Å²) in [5, 5.41) is 16.4. The number of nitrogens with zero attached hydrogens (tertiary/aromatic N) is 2. The lowest BCUT2D eigenvalue weighted by Gasteiger charge is -2.28. The zero-order chi connectivity index (χ0) is 17.9. The number of carbonyl (C=O) groups excluding carboxylic acids is 1. The van der Waals surface area contributed by atoms with Crippen LogP contribution in [-0.4, -0.2) is 39.4 Å². The number of hydrogen-bond acceptors (Lipinski definition) is 4.